The van der Waals surface area contributed by atoms with Crippen molar-refractivity contribution in [1.29, 1.82) is 0 Å². The van der Waals surface area contributed by atoms with E-state index in [0.717, 1.165) is 56.9 Å². The molecule has 25 heavy (non-hydrogen) atoms. The van der Waals surface area contributed by atoms with Gasteiger partial charge in [-0.15, -0.1) is 0 Å². The lowest BCUT2D eigenvalue weighted by Crippen LogP contribution is -2.45. The molecule has 4 heterocycles. The van der Waals surface area contributed by atoms with Gasteiger partial charge in [-0.2, -0.15) is 0 Å². The predicted molar refractivity (Wildman–Crippen MR) is 98.3 cm³/mol. The van der Waals surface area contributed by atoms with Gasteiger partial charge < -0.3 is 24.2 Å². The number of likely N-dealkylation sites (tertiary alicyclic amines) is 1. The summed E-state index contributed by atoms with van der Waals surface area (Å²) in [6.45, 7) is 5.27. The van der Waals surface area contributed by atoms with E-state index >= 15 is 0 Å². The molecule has 0 unspecified atom stereocenters. The highest BCUT2D eigenvalue weighted by Crippen LogP contribution is 2.22. The molecule has 134 valence electrons. The Morgan fingerprint density at radius 3 is 2.60 bits per heavy atom. The summed E-state index contributed by atoms with van der Waals surface area (Å²) in [5.41, 5.74) is 1.79. The molecule has 4 rings (SSSR count). The number of rotatable bonds is 2. The van der Waals surface area contributed by atoms with Gasteiger partial charge >= 0.3 is 0 Å². The van der Waals surface area contributed by atoms with E-state index in [0.29, 0.717) is 12.1 Å². The van der Waals surface area contributed by atoms with Gasteiger partial charge in [0.05, 0.1) is 11.7 Å². The maximum Gasteiger partial charge on any atom is 0.255 e. The number of aliphatic hydroxyl groups is 1. The minimum absolute atomic E-state index is 0.0127. The third-order valence-corrected chi connectivity index (χ3v) is 5.39. The molecule has 0 bridgehead atoms. The van der Waals surface area contributed by atoms with Gasteiger partial charge in [0.15, 0.2) is 0 Å². The molecular weight excluding hydrogens is 316 g/mol. The molecule has 2 aliphatic heterocycles. The maximum atomic E-state index is 12.8. The summed E-state index contributed by atoms with van der Waals surface area (Å²) in [5, 5.41) is 9.84. The number of likely N-dealkylation sites (N-methyl/N-ethyl adjacent to an activating group) is 1. The van der Waals surface area contributed by atoms with Gasteiger partial charge in [0.1, 0.15) is 5.82 Å². The molecule has 1 amide bonds. The van der Waals surface area contributed by atoms with Crippen molar-refractivity contribution in [3.8, 4) is 0 Å². The van der Waals surface area contributed by atoms with Crippen molar-refractivity contribution in [3.05, 3.63) is 36.0 Å². The van der Waals surface area contributed by atoms with Gasteiger partial charge in [0, 0.05) is 51.0 Å². The molecule has 2 aliphatic rings. The Hall–Kier alpha value is -2.05. The summed E-state index contributed by atoms with van der Waals surface area (Å²) in [6.07, 6.45) is 3.21. The second-order valence-corrected chi connectivity index (χ2v) is 7.24. The summed E-state index contributed by atoms with van der Waals surface area (Å²) < 4.78 is 2.12. The van der Waals surface area contributed by atoms with Crippen molar-refractivity contribution in [2.45, 2.75) is 18.9 Å². The van der Waals surface area contributed by atoms with Crippen molar-refractivity contribution in [2.75, 3.05) is 51.2 Å². The normalized spacial score (nSPS) is 22.6. The summed E-state index contributed by atoms with van der Waals surface area (Å²) in [4.78, 5) is 19.3. The largest absolute Gasteiger partial charge is 0.391 e. The molecule has 6 heteroatoms. The van der Waals surface area contributed by atoms with Gasteiger partial charge in [0.25, 0.3) is 5.91 Å². The molecule has 0 saturated carbocycles. The van der Waals surface area contributed by atoms with Crippen LogP contribution in [0.4, 0.5) is 5.82 Å². The third kappa shape index (κ3) is 3.24. The zero-order chi connectivity index (χ0) is 17.4. The van der Waals surface area contributed by atoms with E-state index in [1.54, 1.807) is 4.90 Å². The third-order valence-electron chi connectivity index (χ3n) is 5.39. The number of piperazine rings is 1. The van der Waals surface area contributed by atoms with E-state index in [9.17, 15) is 9.90 Å². The van der Waals surface area contributed by atoms with Crippen molar-refractivity contribution < 1.29 is 9.90 Å². The van der Waals surface area contributed by atoms with Crippen LogP contribution in [0.5, 0.6) is 0 Å². The highest BCUT2D eigenvalue weighted by atomic mass is 16.3. The van der Waals surface area contributed by atoms with Crippen LogP contribution in [-0.2, 0) is 0 Å². The fraction of sp³-hybridized carbons (Fsp3) is 0.526. The number of aromatic nitrogens is 1. The van der Waals surface area contributed by atoms with E-state index in [-0.39, 0.29) is 5.91 Å². The zero-order valence-electron chi connectivity index (χ0n) is 14.8. The van der Waals surface area contributed by atoms with Crippen LogP contribution in [0.1, 0.15) is 23.2 Å². The highest BCUT2D eigenvalue weighted by molar-refractivity contribution is 5.94. The first-order valence-corrected chi connectivity index (χ1v) is 9.14. The molecule has 6 nitrogen and oxygen atoms in total. The second-order valence-electron chi connectivity index (χ2n) is 7.24. The number of anilines is 1. The molecule has 0 spiro atoms. The monoisotopic (exact) mass is 342 g/mol. The minimum Gasteiger partial charge on any atom is -0.391 e. The number of fused-ring (bicyclic) bond motifs is 1. The summed E-state index contributed by atoms with van der Waals surface area (Å²) in [5.74, 6) is 1.16. The average Bonchev–Trinajstić information content (AvgIpc) is 3.05. The van der Waals surface area contributed by atoms with Crippen LogP contribution in [0, 0.1) is 0 Å². The van der Waals surface area contributed by atoms with Crippen LogP contribution in [0.2, 0.25) is 0 Å². The standard InChI is InChI=1S/C19H26N4O2/c1-20-9-11-21(12-10-20)18-7-6-16-5-4-15(13-23(16)18)19(25)22-8-2-3-17(24)14-22/h4-7,13,17,24H,2-3,8-12,14H2,1H3/t17-/m1/s1. The molecule has 2 aromatic rings. The zero-order valence-corrected chi connectivity index (χ0v) is 14.8. The van der Waals surface area contributed by atoms with Crippen LogP contribution in [0.15, 0.2) is 30.5 Å². The Bertz CT molecular complexity index is 764. The van der Waals surface area contributed by atoms with Crippen LogP contribution < -0.4 is 4.90 Å². The number of amides is 1. The Morgan fingerprint density at radius 2 is 1.84 bits per heavy atom. The first-order chi connectivity index (χ1) is 12.1. The van der Waals surface area contributed by atoms with Gasteiger partial charge in [-0.25, -0.2) is 0 Å². The molecule has 0 radical (unpaired) electrons. The number of aliphatic hydroxyl groups excluding tert-OH is 1. The fourth-order valence-corrected chi connectivity index (χ4v) is 3.83. The fourth-order valence-electron chi connectivity index (χ4n) is 3.83. The summed E-state index contributed by atoms with van der Waals surface area (Å²) >= 11 is 0. The SMILES string of the molecule is CN1CCN(c2ccc3ccc(C(=O)N4CCC[C@@H](O)C4)cn23)CC1. The molecule has 1 atom stereocenters. The first-order valence-electron chi connectivity index (χ1n) is 9.14. The number of β-amino-alcohol motifs (C(OH)–C–C–N with tert-alkyl or cyclic N) is 1. The number of hydrogen-bond donors (Lipinski definition) is 1. The van der Waals surface area contributed by atoms with Gasteiger partial charge in [-0.1, -0.05) is 0 Å². The Labute approximate surface area is 148 Å². The number of pyridine rings is 1. The van der Waals surface area contributed by atoms with Crippen LogP contribution in [0.3, 0.4) is 0 Å². The van der Waals surface area contributed by atoms with E-state index in [1.165, 1.54) is 0 Å². The number of carbonyl (C=O) groups excluding carboxylic acids is 1. The molecule has 0 aromatic carbocycles. The topological polar surface area (TPSA) is 51.4 Å². The lowest BCUT2D eigenvalue weighted by atomic mass is 10.1. The second kappa shape index (κ2) is 6.69. The van der Waals surface area contributed by atoms with E-state index in [2.05, 4.69) is 33.4 Å². The van der Waals surface area contributed by atoms with Crippen molar-refractivity contribution in [1.82, 2.24) is 14.2 Å². The first kappa shape index (κ1) is 16.4. The van der Waals surface area contributed by atoms with Gasteiger partial charge in [-0.3, -0.25) is 4.79 Å². The van der Waals surface area contributed by atoms with E-state index < -0.39 is 6.10 Å². The molecule has 2 fully saturated rings. The average molecular weight is 342 g/mol. The lowest BCUT2D eigenvalue weighted by Gasteiger charge is -2.33. The van der Waals surface area contributed by atoms with Gasteiger partial charge in [-0.05, 0) is 44.2 Å². The Balaban J connectivity index is 1.61. The Kier molecular flexibility index (Phi) is 4.39. The summed E-state index contributed by atoms with van der Waals surface area (Å²) in [7, 11) is 2.15. The number of piperidine rings is 1. The quantitative estimate of drug-likeness (QED) is 0.894. The predicted octanol–water partition coefficient (Wildman–Crippen LogP) is 1.29. The van der Waals surface area contributed by atoms with Crippen molar-refractivity contribution in [2.24, 2.45) is 0 Å². The van der Waals surface area contributed by atoms with E-state index in [4.69, 9.17) is 0 Å². The smallest absolute Gasteiger partial charge is 0.255 e. The minimum atomic E-state index is -0.395. The van der Waals surface area contributed by atoms with Crippen LogP contribution in [-0.4, -0.2) is 77.6 Å². The summed E-state index contributed by atoms with van der Waals surface area (Å²) in [6, 6.07) is 8.14. The molecule has 2 saturated heterocycles. The lowest BCUT2D eigenvalue weighted by molar-refractivity contribution is 0.0473. The number of nitrogens with zero attached hydrogens (tertiary/aromatic N) is 4. The molecule has 0 aliphatic carbocycles. The maximum absolute atomic E-state index is 12.8. The van der Waals surface area contributed by atoms with Crippen LogP contribution in [0.25, 0.3) is 5.52 Å². The highest BCUT2D eigenvalue weighted by Gasteiger charge is 2.24. The van der Waals surface area contributed by atoms with Crippen LogP contribution >= 0.6 is 0 Å². The van der Waals surface area contributed by atoms with Gasteiger partial charge in [0.2, 0.25) is 0 Å². The van der Waals surface area contributed by atoms with Crippen molar-refractivity contribution >= 4 is 17.2 Å². The molecular formula is C19H26N4O2. The number of carbonyl (C=O) groups is 1. The van der Waals surface area contributed by atoms with E-state index in [1.807, 2.05) is 18.3 Å². The Morgan fingerprint density at radius 1 is 1.08 bits per heavy atom. The number of hydrogen-bond acceptors (Lipinski definition) is 4. The molecule has 1 N–H and O–H groups in total. The van der Waals surface area contributed by atoms with Crippen molar-refractivity contribution in [3.63, 3.8) is 0 Å². The molecule has 2 aromatic heterocycles.